The lowest BCUT2D eigenvalue weighted by Crippen LogP contribution is -2.20. The van der Waals surface area contributed by atoms with Crippen LogP contribution in [0.3, 0.4) is 0 Å². The van der Waals surface area contributed by atoms with Crippen molar-refractivity contribution in [2.45, 2.75) is 19.7 Å². The first-order chi connectivity index (χ1) is 20.6. The Bertz CT molecular complexity index is 1910. The largest absolute Gasteiger partial charge is 0.490 e. The number of aromatic nitrogens is 2. The van der Waals surface area contributed by atoms with Gasteiger partial charge < -0.3 is 9.47 Å². The number of halogens is 6. The molecule has 6 nitrogen and oxygen atoms in total. The highest BCUT2D eigenvalue weighted by molar-refractivity contribution is 9.10. The average molecular weight is 675 g/mol. The van der Waals surface area contributed by atoms with Crippen molar-refractivity contribution in [2.24, 2.45) is 5.10 Å². The molecule has 0 bridgehead atoms. The zero-order valence-corrected chi connectivity index (χ0v) is 24.7. The van der Waals surface area contributed by atoms with E-state index in [-0.39, 0.29) is 46.5 Å². The highest BCUT2D eigenvalue weighted by atomic mass is 79.9. The molecule has 0 aliphatic rings. The average Bonchev–Trinajstić information content (AvgIpc) is 2.98. The van der Waals surface area contributed by atoms with E-state index in [1.807, 2.05) is 0 Å². The molecule has 220 valence electrons. The molecule has 5 rings (SSSR count). The summed E-state index contributed by atoms with van der Waals surface area (Å²) in [5, 5.41) is 4.70. The summed E-state index contributed by atoms with van der Waals surface area (Å²) in [5.41, 5.74) is -0.187. The van der Waals surface area contributed by atoms with E-state index in [1.165, 1.54) is 30.5 Å². The van der Waals surface area contributed by atoms with Gasteiger partial charge in [-0.1, -0.05) is 48.0 Å². The lowest BCUT2D eigenvalue weighted by Gasteiger charge is -2.16. The molecule has 0 saturated carbocycles. The molecule has 1 aromatic heterocycles. The summed E-state index contributed by atoms with van der Waals surface area (Å²) in [6, 6.07) is 18.5. The third-order valence-electron chi connectivity index (χ3n) is 6.24. The van der Waals surface area contributed by atoms with E-state index >= 15 is 0 Å². The SMILES string of the molecule is CCOc1cc(C=Nn2c(-c3cccc(C(F)(F)F)c3)nc3ccccc3c2=O)c(Br)c(Cl)c1OCc1cccc(F)c1. The molecule has 43 heavy (non-hydrogen) atoms. The molecule has 0 unspecified atom stereocenters. The third kappa shape index (κ3) is 6.57. The Hall–Kier alpha value is -4.22. The number of fused-ring (bicyclic) bond motifs is 1. The van der Waals surface area contributed by atoms with Gasteiger partial charge in [-0.05, 0) is 70.9 Å². The van der Waals surface area contributed by atoms with Crippen LogP contribution < -0.4 is 15.0 Å². The molecule has 0 atom stereocenters. The second-order valence-corrected chi connectivity index (χ2v) is 10.3. The molecular formula is C31H21BrClF4N3O3. The summed E-state index contributed by atoms with van der Waals surface area (Å²) < 4.78 is 67.0. The van der Waals surface area contributed by atoms with Gasteiger partial charge in [0.25, 0.3) is 5.56 Å². The van der Waals surface area contributed by atoms with Gasteiger partial charge in [0.2, 0.25) is 0 Å². The summed E-state index contributed by atoms with van der Waals surface area (Å²) in [4.78, 5) is 18.0. The summed E-state index contributed by atoms with van der Waals surface area (Å²) in [5.74, 6) is -0.0390. The summed E-state index contributed by atoms with van der Waals surface area (Å²) in [6.07, 6.45) is -3.29. The van der Waals surface area contributed by atoms with Crippen LogP contribution in [-0.2, 0) is 12.8 Å². The van der Waals surface area contributed by atoms with Crippen LogP contribution in [0.4, 0.5) is 17.6 Å². The van der Waals surface area contributed by atoms with E-state index in [2.05, 4.69) is 26.0 Å². The molecule has 0 aliphatic carbocycles. The number of alkyl halides is 3. The van der Waals surface area contributed by atoms with Gasteiger partial charge in [0.15, 0.2) is 17.3 Å². The molecule has 12 heteroatoms. The maximum atomic E-state index is 13.6. The van der Waals surface area contributed by atoms with Gasteiger partial charge in [0.05, 0.1) is 29.3 Å². The number of hydrogen-bond donors (Lipinski definition) is 0. The van der Waals surface area contributed by atoms with Crippen molar-refractivity contribution in [3.63, 3.8) is 0 Å². The fourth-order valence-corrected chi connectivity index (χ4v) is 4.90. The first-order valence-corrected chi connectivity index (χ1v) is 14.0. The van der Waals surface area contributed by atoms with Crippen LogP contribution in [0.2, 0.25) is 5.02 Å². The summed E-state index contributed by atoms with van der Waals surface area (Å²) in [6.45, 7) is 2.04. The van der Waals surface area contributed by atoms with Crippen LogP contribution in [0.1, 0.15) is 23.6 Å². The number of para-hydroxylation sites is 1. The maximum Gasteiger partial charge on any atom is 0.416 e. The Balaban J connectivity index is 1.60. The Kier molecular flexibility index (Phi) is 8.84. The van der Waals surface area contributed by atoms with E-state index in [4.69, 9.17) is 21.1 Å². The first-order valence-electron chi connectivity index (χ1n) is 12.8. The van der Waals surface area contributed by atoms with Crippen molar-refractivity contribution >= 4 is 44.6 Å². The van der Waals surface area contributed by atoms with Crippen molar-refractivity contribution in [3.8, 4) is 22.9 Å². The van der Waals surface area contributed by atoms with Crippen molar-refractivity contribution in [3.05, 3.63) is 121 Å². The van der Waals surface area contributed by atoms with Gasteiger partial charge >= 0.3 is 6.18 Å². The highest BCUT2D eigenvalue weighted by Crippen LogP contribution is 2.43. The quantitative estimate of drug-likeness (QED) is 0.122. The van der Waals surface area contributed by atoms with Crippen molar-refractivity contribution < 1.29 is 27.0 Å². The summed E-state index contributed by atoms with van der Waals surface area (Å²) >= 11 is 10.1. The minimum absolute atomic E-state index is 0.00985. The molecule has 0 spiro atoms. The highest BCUT2D eigenvalue weighted by Gasteiger charge is 2.31. The van der Waals surface area contributed by atoms with Gasteiger partial charge in [0.1, 0.15) is 17.4 Å². The van der Waals surface area contributed by atoms with Crippen LogP contribution in [-0.4, -0.2) is 22.5 Å². The molecule has 1 heterocycles. The Morgan fingerprint density at radius 1 is 1.02 bits per heavy atom. The predicted molar refractivity (Wildman–Crippen MR) is 160 cm³/mol. The molecule has 0 radical (unpaired) electrons. The Labute approximate surface area is 256 Å². The van der Waals surface area contributed by atoms with Crippen molar-refractivity contribution in [1.82, 2.24) is 9.66 Å². The number of nitrogens with zero attached hydrogens (tertiary/aromatic N) is 3. The second-order valence-electron chi connectivity index (χ2n) is 9.17. The minimum atomic E-state index is -4.60. The monoisotopic (exact) mass is 673 g/mol. The maximum absolute atomic E-state index is 13.6. The fourth-order valence-electron chi connectivity index (χ4n) is 4.25. The van der Waals surface area contributed by atoms with E-state index in [0.29, 0.717) is 21.1 Å². The third-order valence-corrected chi connectivity index (χ3v) is 7.69. The smallest absolute Gasteiger partial charge is 0.416 e. The second kappa shape index (κ2) is 12.6. The van der Waals surface area contributed by atoms with Crippen LogP contribution in [0, 0.1) is 5.82 Å². The topological polar surface area (TPSA) is 65.7 Å². The fraction of sp³-hybridized carbons (Fsp3) is 0.129. The van der Waals surface area contributed by atoms with Gasteiger partial charge in [0, 0.05) is 15.6 Å². The van der Waals surface area contributed by atoms with Crippen LogP contribution in [0.15, 0.2) is 93.2 Å². The molecular weight excluding hydrogens is 654 g/mol. The molecule has 0 amide bonds. The minimum Gasteiger partial charge on any atom is -0.490 e. The number of rotatable bonds is 8. The zero-order valence-electron chi connectivity index (χ0n) is 22.3. The molecule has 0 saturated heterocycles. The van der Waals surface area contributed by atoms with Crippen molar-refractivity contribution in [1.29, 1.82) is 0 Å². The first kappa shape index (κ1) is 30.2. The Morgan fingerprint density at radius 3 is 2.53 bits per heavy atom. The lowest BCUT2D eigenvalue weighted by molar-refractivity contribution is -0.137. The normalized spacial score (nSPS) is 11.8. The molecule has 4 aromatic carbocycles. The number of ether oxygens (including phenoxy) is 2. The zero-order chi connectivity index (χ0) is 30.7. The molecule has 0 N–H and O–H groups in total. The number of benzene rings is 4. The van der Waals surface area contributed by atoms with E-state index < -0.39 is 23.1 Å². The van der Waals surface area contributed by atoms with Crippen LogP contribution in [0.5, 0.6) is 11.5 Å². The predicted octanol–water partition coefficient (Wildman–Crippen LogP) is 8.50. The summed E-state index contributed by atoms with van der Waals surface area (Å²) in [7, 11) is 0. The van der Waals surface area contributed by atoms with Gasteiger partial charge in [-0.15, -0.1) is 0 Å². The van der Waals surface area contributed by atoms with E-state index in [1.54, 1.807) is 49.4 Å². The van der Waals surface area contributed by atoms with E-state index in [0.717, 1.165) is 16.8 Å². The molecule has 0 fully saturated rings. The van der Waals surface area contributed by atoms with E-state index in [9.17, 15) is 22.4 Å². The Morgan fingerprint density at radius 2 is 1.79 bits per heavy atom. The molecule has 0 aliphatic heterocycles. The van der Waals surface area contributed by atoms with Crippen LogP contribution in [0.25, 0.3) is 22.3 Å². The molecule has 5 aromatic rings. The standard InChI is InChI=1S/C31H21BrClF4N3O3/c1-2-42-25-15-20(26(32)27(33)28(25)43-17-18-7-5-10-22(34)13-18)16-38-40-29(19-8-6-9-21(14-19)31(35,36)37)39-24-12-4-3-11-23(24)30(40)41/h3-16H,2,17H2,1H3. The van der Waals surface area contributed by atoms with Crippen LogP contribution >= 0.6 is 27.5 Å². The van der Waals surface area contributed by atoms with Gasteiger partial charge in [-0.25, -0.2) is 9.37 Å². The lowest BCUT2D eigenvalue weighted by atomic mass is 10.1. The number of hydrogen-bond acceptors (Lipinski definition) is 5. The van der Waals surface area contributed by atoms with Gasteiger partial charge in [-0.3, -0.25) is 4.79 Å². The van der Waals surface area contributed by atoms with Crippen molar-refractivity contribution in [2.75, 3.05) is 6.61 Å². The van der Waals surface area contributed by atoms with Gasteiger partial charge in [-0.2, -0.15) is 22.9 Å².